The van der Waals surface area contributed by atoms with Crippen LogP contribution in [-0.4, -0.2) is 4.75 Å². The van der Waals surface area contributed by atoms with Crippen molar-refractivity contribution >= 4 is 8.35 Å². The fraction of sp³-hybridized carbons (Fsp3) is 0. The molecule has 0 fully saturated rings. The highest BCUT2D eigenvalue weighted by Crippen LogP contribution is 1.81. The van der Waals surface area contributed by atoms with Gasteiger partial charge in [-0.25, -0.2) is 4.75 Å². The van der Waals surface area contributed by atoms with Crippen molar-refractivity contribution in [1.29, 1.82) is 0 Å². The van der Waals surface area contributed by atoms with Crippen molar-refractivity contribution in [3.63, 3.8) is 0 Å². The van der Waals surface area contributed by atoms with Gasteiger partial charge in [-0.2, -0.15) is 0 Å². The van der Waals surface area contributed by atoms with Gasteiger partial charge in [0.05, 0.1) is 0 Å². The van der Waals surface area contributed by atoms with Gasteiger partial charge in [0.2, 0.25) is 5.16 Å². The Labute approximate surface area is 42.4 Å². The quantitative estimate of drug-likeness (QED) is 0.489. The standard InChI is InChI=1S/C4H4NOP/c6-4-2-1-3-5-7-4/h1-3,7H. The summed E-state index contributed by atoms with van der Waals surface area (Å²) in [5, 5.41) is 0.113. The maximum atomic E-state index is 10.3. The lowest BCUT2D eigenvalue weighted by atomic mass is 10.6. The summed E-state index contributed by atoms with van der Waals surface area (Å²) in [6.45, 7) is 0. The van der Waals surface area contributed by atoms with Crippen LogP contribution in [0.1, 0.15) is 0 Å². The summed E-state index contributed by atoms with van der Waals surface area (Å²) in [7, 11) is 0.119. The molecule has 0 saturated heterocycles. The zero-order valence-corrected chi connectivity index (χ0v) is 4.59. The minimum atomic E-state index is 0.113. The lowest BCUT2D eigenvalue weighted by Crippen LogP contribution is -1.85. The summed E-state index contributed by atoms with van der Waals surface area (Å²) in [5.74, 6) is 0. The molecule has 1 rings (SSSR count). The summed E-state index contributed by atoms with van der Waals surface area (Å²) in [4.78, 5) is 10.3. The van der Waals surface area contributed by atoms with E-state index in [0.29, 0.717) is 0 Å². The molecule has 1 aromatic rings. The van der Waals surface area contributed by atoms with Gasteiger partial charge in [0, 0.05) is 14.5 Å². The van der Waals surface area contributed by atoms with Gasteiger partial charge in [-0.15, -0.1) is 0 Å². The van der Waals surface area contributed by atoms with Crippen LogP contribution in [0.25, 0.3) is 0 Å². The summed E-state index contributed by atoms with van der Waals surface area (Å²) < 4.78 is 3.72. The topological polar surface area (TPSA) is 30.0 Å². The molecule has 1 unspecified atom stereocenters. The molecule has 1 atom stereocenters. The van der Waals surface area contributed by atoms with Crippen molar-refractivity contribution in [2.75, 3.05) is 0 Å². The number of hydrogen-bond donors (Lipinski definition) is 0. The molecule has 7 heavy (non-hydrogen) atoms. The van der Waals surface area contributed by atoms with E-state index in [1.165, 1.54) is 6.07 Å². The molecule has 0 aliphatic heterocycles. The summed E-state index contributed by atoms with van der Waals surface area (Å²) >= 11 is 0. The van der Waals surface area contributed by atoms with Crippen molar-refractivity contribution in [3.05, 3.63) is 28.3 Å². The molecule has 1 heterocycles. The summed E-state index contributed by atoms with van der Waals surface area (Å²) in [6.07, 6.45) is 1.64. The maximum Gasteiger partial charge on any atom is 0.211 e. The van der Waals surface area contributed by atoms with E-state index in [-0.39, 0.29) is 13.5 Å². The Morgan fingerprint density at radius 1 is 1.71 bits per heavy atom. The van der Waals surface area contributed by atoms with Gasteiger partial charge in [-0.1, -0.05) is 0 Å². The Bertz CT molecular complexity index is 177. The molecule has 0 aliphatic rings. The van der Waals surface area contributed by atoms with Crippen LogP contribution in [0.4, 0.5) is 0 Å². The molecule has 0 N–H and O–H groups in total. The second-order valence-electron chi connectivity index (χ2n) is 1.11. The minimum absolute atomic E-state index is 0.113. The Kier molecular flexibility index (Phi) is 1.23. The summed E-state index contributed by atoms with van der Waals surface area (Å²) in [6, 6.07) is 3.18. The number of aromatic nitrogens is 1. The van der Waals surface area contributed by atoms with E-state index in [1.54, 1.807) is 12.3 Å². The average molecular weight is 113 g/mol. The first-order chi connectivity index (χ1) is 3.39. The predicted molar refractivity (Wildman–Crippen MR) is 30.0 cm³/mol. The van der Waals surface area contributed by atoms with Crippen molar-refractivity contribution in [2.45, 2.75) is 0 Å². The first-order valence-electron chi connectivity index (χ1n) is 1.89. The van der Waals surface area contributed by atoms with Crippen molar-refractivity contribution < 1.29 is 0 Å². The van der Waals surface area contributed by atoms with E-state index >= 15 is 0 Å². The van der Waals surface area contributed by atoms with Gasteiger partial charge in [0.15, 0.2) is 0 Å². The van der Waals surface area contributed by atoms with Gasteiger partial charge >= 0.3 is 0 Å². The van der Waals surface area contributed by atoms with E-state index < -0.39 is 0 Å². The molecule has 0 aromatic carbocycles. The van der Waals surface area contributed by atoms with Crippen LogP contribution in [0.15, 0.2) is 23.1 Å². The molecule has 0 bridgehead atoms. The van der Waals surface area contributed by atoms with Gasteiger partial charge in [-0.05, 0) is 12.1 Å². The Balaban J connectivity index is 3.28. The van der Waals surface area contributed by atoms with E-state index in [2.05, 4.69) is 4.75 Å². The van der Waals surface area contributed by atoms with Gasteiger partial charge in [0.25, 0.3) is 0 Å². The summed E-state index contributed by atoms with van der Waals surface area (Å²) in [5.41, 5.74) is 0. The zero-order valence-electron chi connectivity index (χ0n) is 3.59. The molecule has 36 valence electrons. The average Bonchev–Trinajstić information content (AvgIpc) is 1.69. The first-order valence-corrected chi connectivity index (χ1v) is 2.84. The van der Waals surface area contributed by atoms with Gasteiger partial charge < -0.3 is 0 Å². The van der Waals surface area contributed by atoms with E-state index in [0.717, 1.165) is 0 Å². The monoisotopic (exact) mass is 113 g/mol. The van der Waals surface area contributed by atoms with Crippen molar-refractivity contribution in [2.24, 2.45) is 0 Å². The fourth-order valence-electron chi connectivity index (χ4n) is 0.312. The minimum Gasteiger partial charge on any atom is -0.284 e. The lowest BCUT2D eigenvalue weighted by molar-refractivity contribution is 1.51. The highest BCUT2D eigenvalue weighted by molar-refractivity contribution is 7.23. The van der Waals surface area contributed by atoms with Crippen LogP contribution in [0, 0.1) is 0 Å². The molecular weight excluding hydrogens is 109 g/mol. The Morgan fingerprint density at radius 2 is 2.57 bits per heavy atom. The third-order valence-corrected chi connectivity index (χ3v) is 1.25. The molecular formula is C4H4NOP. The van der Waals surface area contributed by atoms with Crippen LogP contribution in [0.2, 0.25) is 0 Å². The van der Waals surface area contributed by atoms with Crippen LogP contribution in [0.3, 0.4) is 0 Å². The van der Waals surface area contributed by atoms with E-state index in [9.17, 15) is 4.79 Å². The first kappa shape index (κ1) is 4.54. The zero-order chi connectivity index (χ0) is 5.11. The second-order valence-corrected chi connectivity index (χ2v) is 2.09. The highest BCUT2D eigenvalue weighted by Gasteiger charge is 1.71. The highest BCUT2D eigenvalue weighted by atomic mass is 31.0. The normalized spacial score (nSPS) is 9.71. The van der Waals surface area contributed by atoms with E-state index in [1.807, 2.05) is 0 Å². The fourth-order valence-corrected chi connectivity index (χ4v) is 0.770. The lowest BCUT2D eigenvalue weighted by Gasteiger charge is -1.70. The molecule has 3 heteroatoms. The van der Waals surface area contributed by atoms with Gasteiger partial charge in [0.1, 0.15) is 0 Å². The molecule has 0 amide bonds. The second kappa shape index (κ2) is 1.90. The molecule has 1 aromatic heterocycles. The smallest absolute Gasteiger partial charge is 0.211 e. The SMILES string of the molecule is O=c1cccn[pH]1. The van der Waals surface area contributed by atoms with Crippen LogP contribution in [0.5, 0.6) is 0 Å². The maximum absolute atomic E-state index is 10.3. The van der Waals surface area contributed by atoms with Gasteiger partial charge in [-0.3, -0.25) is 4.79 Å². The van der Waals surface area contributed by atoms with Crippen molar-refractivity contribution in [1.82, 2.24) is 4.75 Å². The molecule has 0 spiro atoms. The third kappa shape index (κ3) is 1.13. The molecule has 0 aliphatic carbocycles. The van der Waals surface area contributed by atoms with Crippen LogP contribution >= 0.6 is 8.35 Å². The number of nitrogens with zero attached hydrogens (tertiary/aromatic N) is 1. The predicted octanol–water partition coefficient (Wildman–Crippen LogP) is 0.473. The Hall–Kier alpha value is -0.620. The van der Waals surface area contributed by atoms with Crippen LogP contribution < -0.4 is 5.16 Å². The van der Waals surface area contributed by atoms with Crippen LogP contribution in [-0.2, 0) is 0 Å². The molecule has 0 saturated carbocycles. The van der Waals surface area contributed by atoms with E-state index in [4.69, 9.17) is 0 Å². The van der Waals surface area contributed by atoms with Crippen molar-refractivity contribution in [3.8, 4) is 0 Å². The molecule has 0 radical (unpaired) electrons. The molecule has 2 nitrogen and oxygen atoms in total. The largest absolute Gasteiger partial charge is 0.284 e. The third-order valence-electron chi connectivity index (χ3n) is 0.583. The number of rotatable bonds is 0. The number of hydrogen-bond acceptors (Lipinski definition) is 2. The Morgan fingerprint density at radius 3 is 2.86 bits per heavy atom.